The van der Waals surface area contributed by atoms with Gasteiger partial charge in [0.05, 0.1) is 38.9 Å². The van der Waals surface area contributed by atoms with Gasteiger partial charge < -0.3 is 14.2 Å². The number of methoxy groups -OCH3 is 2. The van der Waals surface area contributed by atoms with Gasteiger partial charge in [0, 0.05) is 19.2 Å². The molecule has 0 saturated carbocycles. The Morgan fingerprint density at radius 3 is 2.59 bits per heavy atom. The van der Waals surface area contributed by atoms with E-state index in [0.29, 0.717) is 49.9 Å². The number of benzene rings is 1. The van der Waals surface area contributed by atoms with Crippen molar-refractivity contribution in [2.45, 2.75) is 0 Å². The summed E-state index contributed by atoms with van der Waals surface area (Å²) in [6, 6.07) is 5.22. The third kappa shape index (κ3) is 4.19. The maximum Gasteiger partial charge on any atom is 0.260 e. The molecule has 1 aliphatic heterocycles. The van der Waals surface area contributed by atoms with Crippen LogP contribution >= 0.6 is 0 Å². The van der Waals surface area contributed by atoms with Gasteiger partial charge in [0.15, 0.2) is 11.5 Å². The molecule has 0 atom stereocenters. The maximum atomic E-state index is 11.3. The Labute approximate surface area is 129 Å². The predicted octanol–water partition coefficient (Wildman–Crippen LogP) is 1.65. The molecule has 1 aromatic rings. The number of nitro groups is 1. The molecule has 0 unspecified atom stereocenters. The van der Waals surface area contributed by atoms with Gasteiger partial charge in [0.1, 0.15) is 0 Å². The van der Waals surface area contributed by atoms with Crippen molar-refractivity contribution in [3.63, 3.8) is 0 Å². The summed E-state index contributed by atoms with van der Waals surface area (Å²) in [6.45, 7) is 2.93. The summed E-state index contributed by atoms with van der Waals surface area (Å²) in [5, 5.41) is 11.3. The summed E-state index contributed by atoms with van der Waals surface area (Å²) in [5.74, 6) is 1.14. The van der Waals surface area contributed by atoms with Crippen molar-refractivity contribution in [3.05, 3.63) is 39.6 Å². The molecule has 7 nitrogen and oxygen atoms in total. The minimum absolute atomic E-state index is 0.147. The van der Waals surface area contributed by atoms with Gasteiger partial charge in [-0.1, -0.05) is 6.07 Å². The second-order valence-corrected chi connectivity index (χ2v) is 4.90. The van der Waals surface area contributed by atoms with Crippen molar-refractivity contribution in [2.75, 3.05) is 47.1 Å². The van der Waals surface area contributed by atoms with Gasteiger partial charge in [0.25, 0.3) is 5.70 Å². The van der Waals surface area contributed by atoms with Crippen molar-refractivity contribution >= 4 is 6.08 Å². The van der Waals surface area contributed by atoms with Gasteiger partial charge >= 0.3 is 0 Å². The zero-order valence-electron chi connectivity index (χ0n) is 12.8. The molecule has 0 amide bonds. The monoisotopic (exact) mass is 308 g/mol. The molecular formula is C15H20N2O5. The fraction of sp³-hybridized carbons (Fsp3) is 0.467. The normalized spacial score (nSPS) is 16.4. The number of rotatable bonds is 6. The van der Waals surface area contributed by atoms with E-state index in [1.807, 2.05) is 4.90 Å². The van der Waals surface area contributed by atoms with Crippen molar-refractivity contribution in [1.82, 2.24) is 4.90 Å². The standard InChI is InChI=1S/C15H20N2O5/c1-20-14-4-3-12(10-15(14)21-2)9-13(17(18)19)11-16-5-7-22-8-6-16/h3-4,9-10H,5-8,11H2,1-2H3/b13-9-. The van der Waals surface area contributed by atoms with Gasteiger partial charge in [-0.25, -0.2) is 0 Å². The SMILES string of the molecule is COc1ccc(/C=C(/CN2CCOCC2)[N+](=O)[O-])cc1OC. The first-order valence-electron chi connectivity index (χ1n) is 7.01. The second-order valence-electron chi connectivity index (χ2n) is 4.90. The topological polar surface area (TPSA) is 74.1 Å². The predicted molar refractivity (Wildman–Crippen MR) is 81.8 cm³/mol. The van der Waals surface area contributed by atoms with Gasteiger partial charge in [-0.2, -0.15) is 0 Å². The maximum absolute atomic E-state index is 11.3. The molecule has 2 rings (SSSR count). The van der Waals surface area contributed by atoms with Crippen molar-refractivity contribution in [1.29, 1.82) is 0 Å². The van der Waals surface area contributed by atoms with Crippen LogP contribution in [-0.2, 0) is 4.74 Å². The van der Waals surface area contributed by atoms with Gasteiger partial charge in [0.2, 0.25) is 0 Å². The van der Waals surface area contributed by atoms with Crippen LogP contribution in [-0.4, -0.2) is 56.9 Å². The van der Waals surface area contributed by atoms with Crippen LogP contribution in [0.1, 0.15) is 5.56 Å². The summed E-state index contributed by atoms with van der Waals surface area (Å²) in [5.41, 5.74) is 0.853. The van der Waals surface area contributed by atoms with Crippen LogP contribution in [0.15, 0.2) is 23.9 Å². The smallest absolute Gasteiger partial charge is 0.260 e. The summed E-state index contributed by atoms with van der Waals surface area (Å²) >= 11 is 0. The third-order valence-electron chi connectivity index (χ3n) is 3.46. The molecule has 0 aliphatic carbocycles. The van der Waals surface area contributed by atoms with Crippen LogP contribution in [0.25, 0.3) is 6.08 Å². The van der Waals surface area contributed by atoms with E-state index in [-0.39, 0.29) is 10.6 Å². The molecule has 0 N–H and O–H groups in total. The largest absolute Gasteiger partial charge is 0.493 e. The Bertz CT molecular complexity index is 553. The Morgan fingerprint density at radius 2 is 2.00 bits per heavy atom. The average molecular weight is 308 g/mol. The first-order chi connectivity index (χ1) is 10.6. The van der Waals surface area contributed by atoms with Crippen LogP contribution in [0, 0.1) is 10.1 Å². The first kappa shape index (κ1) is 16.3. The van der Waals surface area contributed by atoms with E-state index in [4.69, 9.17) is 14.2 Å². The molecule has 1 aromatic carbocycles. The second kappa shape index (κ2) is 7.77. The number of hydrogen-bond acceptors (Lipinski definition) is 6. The first-order valence-corrected chi connectivity index (χ1v) is 7.01. The van der Waals surface area contributed by atoms with Crippen LogP contribution in [0.2, 0.25) is 0 Å². The fourth-order valence-corrected chi connectivity index (χ4v) is 2.28. The van der Waals surface area contributed by atoms with E-state index in [0.717, 1.165) is 0 Å². The molecule has 1 heterocycles. The van der Waals surface area contributed by atoms with Gasteiger partial charge in [-0.15, -0.1) is 0 Å². The van der Waals surface area contributed by atoms with Crippen molar-refractivity contribution < 1.29 is 19.1 Å². The Hall–Kier alpha value is -2.12. The summed E-state index contributed by atoms with van der Waals surface area (Å²) in [7, 11) is 3.09. The highest BCUT2D eigenvalue weighted by atomic mass is 16.6. The highest BCUT2D eigenvalue weighted by Gasteiger charge is 2.19. The Balaban J connectivity index is 2.19. The molecule has 0 spiro atoms. The lowest BCUT2D eigenvalue weighted by Crippen LogP contribution is -2.38. The molecule has 1 fully saturated rings. The fourth-order valence-electron chi connectivity index (χ4n) is 2.28. The minimum Gasteiger partial charge on any atom is -0.493 e. The lowest BCUT2D eigenvalue weighted by molar-refractivity contribution is -0.426. The number of morpholine rings is 1. The highest BCUT2D eigenvalue weighted by molar-refractivity contribution is 5.57. The molecule has 22 heavy (non-hydrogen) atoms. The van der Waals surface area contributed by atoms with E-state index in [1.54, 1.807) is 31.4 Å². The zero-order valence-corrected chi connectivity index (χ0v) is 12.8. The van der Waals surface area contributed by atoms with E-state index in [9.17, 15) is 10.1 Å². The van der Waals surface area contributed by atoms with Gasteiger partial charge in [-0.3, -0.25) is 15.0 Å². The molecule has 120 valence electrons. The lowest BCUT2D eigenvalue weighted by Gasteiger charge is -2.25. The van der Waals surface area contributed by atoms with Crippen molar-refractivity contribution in [2.24, 2.45) is 0 Å². The van der Waals surface area contributed by atoms with Crippen LogP contribution < -0.4 is 9.47 Å². The van der Waals surface area contributed by atoms with E-state index in [2.05, 4.69) is 0 Å². The molecule has 7 heteroatoms. The minimum atomic E-state index is -0.341. The molecule has 1 aliphatic rings. The molecular weight excluding hydrogens is 288 g/mol. The molecule has 0 bridgehead atoms. The summed E-state index contributed by atoms with van der Waals surface area (Å²) < 4.78 is 15.6. The number of nitrogens with zero attached hydrogens (tertiary/aromatic N) is 2. The highest BCUT2D eigenvalue weighted by Crippen LogP contribution is 2.28. The van der Waals surface area contributed by atoms with Crippen LogP contribution in [0.4, 0.5) is 0 Å². The molecule has 0 radical (unpaired) electrons. The quantitative estimate of drug-likeness (QED) is 0.588. The number of ether oxygens (including phenoxy) is 3. The van der Waals surface area contributed by atoms with Gasteiger partial charge in [-0.05, 0) is 17.7 Å². The summed E-state index contributed by atoms with van der Waals surface area (Å²) in [4.78, 5) is 13.0. The number of hydrogen-bond donors (Lipinski definition) is 0. The molecule has 0 aromatic heterocycles. The van der Waals surface area contributed by atoms with Crippen LogP contribution in [0.5, 0.6) is 11.5 Å². The lowest BCUT2D eigenvalue weighted by atomic mass is 10.1. The van der Waals surface area contributed by atoms with Crippen LogP contribution in [0.3, 0.4) is 0 Å². The van der Waals surface area contributed by atoms with Crippen molar-refractivity contribution in [3.8, 4) is 11.5 Å². The Morgan fingerprint density at radius 1 is 1.32 bits per heavy atom. The van der Waals surface area contributed by atoms with E-state index >= 15 is 0 Å². The zero-order chi connectivity index (χ0) is 15.9. The Kier molecular flexibility index (Phi) is 5.74. The average Bonchev–Trinajstić information content (AvgIpc) is 2.55. The third-order valence-corrected chi connectivity index (χ3v) is 3.46. The molecule has 1 saturated heterocycles. The van der Waals surface area contributed by atoms with E-state index in [1.165, 1.54) is 7.11 Å². The summed E-state index contributed by atoms with van der Waals surface area (Å²) in [6.07, 6.45) is 1.57. The van der Waals surface area contributed by atoms with E-state index < -0.39 is 0 Å².